The van der Waals surface area contributed by atoms with E-state index in [0.717, 1.165) is 18.8 Å². The van der Waals surface area contributed by atoms with Crippen molar-refractivity contribution < 1.29 is 18.8 Å². The first-order chi connectivity index (χ1) is 13.4. The van der Waals surface area contributed by atoms with Gasteiger partial charge in [0.1, 0.15) is 5.56 Å². The van der Waals surface area contributed by atoms with Crippen LogP contribution in [0, 0.1) is 6.92 Å². The summed E-state index contributed by atoms with van der Waals surface area (Å²) in [6, 6.07) is 10.1. The lowest BCUT2D eigenvalue weighted by Crippen LogP contribution is -2.51. The van der Waals surface area contributed by atoms with Crippen LogP contribution in [0.5, 0.6) is 0 Å². The van der Waals surface area contributed by atoms with Gasteiger partial charge < -0.3 is 19.1 Å². The first kappa shape index (κ1) is 19.9. The maximum atomic E-state index is 12.7. The molecule has 2 aromatic rings. The minimum Gasteiger partial charge on any atom is -0.449 e. The second-order valence-electron chi connectivity index (χ2n) is 7.36. The Morgan fingerprint density at radius 1 is 1.07 bits per heavy atom. The molecule has 3 rings (SSSR count). The minimum atomic E-state index is -0.856. The molecule has 150 valence electrons. The highest BCUT2D eigenvalue weighted by Gasteiger charge is 2.30. The van der Waals surface area contributed by atoms with E-state index in [9.17, 15) is 9.59 Å². The smallest absolute Gasteiger partial charge is 0.344 e. The number of carbonyl (C=O) groups is 2. The predicted octanol–water partition coefficient (Wildman–Crippen LogP) is 3.00. The van der Waals surface area contributed by atoms with Crippen LogP contribution < -0.4 is 4.90 Å². The Labute approximate surface area is 165 Å². The summed E-state index contributed by atoms with van der Waals surface area (Å²) in [5.41, 5.74) is 1.95. The van der Waals surface area contributed by atoms with Crippen molar-refractivity contribution in [3.05, 3.63) is 47.3 Å². The molecule has 1 amide bonds. The predicted molar refractivity (Wildman–Crippen MR) is 105 cm³/mol. The Balaban J connectivity index is 1.58. The molecule has 1 aliphatic heterocycles. The van der Waals surface area contributed by atoms with Crippen LogP contribution in [0.15, 0.2) is 34.9 Å². The zero-order chi connectivity index (χ0) is 20.3. The zero-order valence-corrected chi connectivity index (χ0v) is 16.8. The molecule has 0 aliphatic carbocycles. The summed E-state index contributed by atoms with van der Waals surface area (Å²) in [6.45, 7) is 9.83. The van der Waals surface area contributed by atoms with Crippen LogP contribution in [0.2, 0.25) is 0 Å². The molecule has 1 atom stereocenters. The standard InChI is InChI=1S/C21H27N3O4/c1-14(2)19-18(15(3)22-28-19)21(26)27-16(4)20(25)24-12-10-23(11-13-24)17-8-6-5-7-9-17/h5-9,14,16H,10-13H2,1-4H3/t16-/m1/s1. The molecule has 7 heteroatoms. The molecule has 0 spiro atoms. The second kappa shape index (κ2) is 8.46. The van der Waals surface area contributed by atoms with Gasteiger partial charge in [-0.2, -0.15) is 0 Å². The van der Waals surface area contributed by atoms with E-state index in [1.54, 1.807) is 18.7 Å². The monoisotopic (exact) mass is 385 g/mol. The topological polar surface area (TPSA) is 75.9 Å². The average Bonchev–Trinajstić information content (AvgIpc) is 3.10. The van der Waals surface area contributed by atoms with Crippen LogP contribution in [0.3, 0.4) is 0 Å². The number of rotatable bonds is 5. The van der Waals surface area contributed by atoms with Gasteiger partial charge in [-0.3, -0.25) is 4.79 Å². The molecule has 1 saturated heterocycles. The number of aryl methyl sites for hydroxylation is 1. The van der Waals surface area contributed by atoms with Crippen molar-refractivity contribution >= 4 is 17.6 Å². The van der Waals surface area contributed by atoms with Crippen LogP contribution >= 0.6 is 0 Å². The normalized spacial score (nSPS) is 15.6. The van der Waals surface area contributed by atoms with E-state index >= 15 is 0 Å². The molecular formula is C21H27N3O4. The van der Waals surface area contributed by atoms with E-state index in [0.29, 0.717) is 30.1 Å². The highest BCUT2D eigenvalue weighted by Crippen LogP contribution is 2.24. The molecule has 0 saturated carbocycles. The zero-order valence-electron chi connectivity index (χ0n) is 16.8. The van der Waals surface area contributed by atoms with Gasteiger partial charge in [0.05, 0.1) is 5.69 Å². The fourth-order valence-electron chi connectivity index (χ4n) is 3.38. The Morgan fingerprint density at radius 3 is 2.32 bits per heavy atom. The van der Waals surface area contributed by atoms with Gasteiger partial charge in [-0.05, 0) is 26.0 Å². The fraction of sp³-hybridized carbons (Fsp3) is 0.476. The van der Waals surface area contributed by atoms with E-state index in [1.165, 1.54) is 0 Å². The Hall–Kier alpha value is -2.83. The number of amides is 1. The highest BCUT2D eigenvalue weighted by molar-refractivity contribution is 5.94. The number of benzene rings is 1. The SMILES string of the molecule is Cc1noc(C(C)C)c1C(=O)O[C@H](C)C(=O)N1CCN(c2ccccc2)CC1. The number of aromatic nitrogens is 1. The van der Waals surface area contributed by atoms with Gasteiger partial charge in [0.15, 0.2) is 11.9 Å². The summed E-state index contributed by atoms with van der Waals surface area (Å²) >= 11 is 0. The lowest BCUT2D eigenvalue weighted by Gasteiger charge is -2.37. The van der Waals surface area contributed by atoms with Gasteiger partial charge in [-0.1, -0.05) is 37.2 Å². The van der Waals surface area contributed by atoms with Crippen molar-refractivity contribution in [1.29, 1.82) is 0 Å². The number of para-hydroxylation sites is 1. The van der Waals surface area contributed by atoms with Gasteiger partial charge in [-0.25, -0.2) is 4.79 Å². The number of hydrogen-bond acceptors (Lipinski definition) is 6. The van der Waals surface area contributed by atoms with E-state index in [1.807, 2.05) is 32.0 Å². The van der Waals surface area contributed by atoms with Crippen LogP contribution in [0.25, 0.3) is 0 Å². The average molecular weight is 385 g/mol. The van der Waals surface area contributed by atoms with Gasteiger partial charge in [0, 0.05) is 37.8 Å². The largest absolute Gasteiger partial charge is 0.449 e. The molecule has 1 fully saturated rings. The number of carbonyl (C=O) groups excluding carboxylic acids is 2. The lowest BCUT2D eigenvalue weighted by atomic mass is 10.1. The van der Waals surface area contributed by atoms with E-state index < -0.39 is 12.1 Å². The molecule has 1 aromatic carbocycles. The summed E-state index contributed by atoms with van der Waals surface area (Å²) in [5.74, 6) is -0.257. The van der Waals surface area contributed by atoms with Crippen molar-refractivity contribution in [3.8, 4) is 0 Å². The third-order valence-corrected chi connectivity index (χ3v) is 4.96. The third-order valence-electron chi connectivity index (χ3n) is 4.96. The summed E-state index contributed by atoms with van der Waals surface area (Å²) < 4.78 is 10.7. The second-order valence-corrected chi connectivity index (χ2v) is 7.36. The molecule has 28 heavy (non-hydrogen) atoms. The Morgan fingerprint density at radius 2 is 1.71 bits per heavy atom. The number of esters is 1. The number of hydrogen-bond donors (Lipinski definition) is 0. The van der Waals surface area contributed by atoms with Crippen molar-refractivity contribution in [2.24, 2.45) is 0 Å². The molecule has 0 bridgehead atoms. The molecule has 2 heterocycles. The summed E-state index contributed by atoms with van der Waals surface area (Å²) in [5, 5.41) is 3.86. The maximum absolute atomic E-state index is 12.7. The van der Waals surface area contributed by atoms with Crippen molar-refractivity contribution in [2.75, 3.05) is 31.1 Å². The number of ether oxygens (including phenoxy) is 1. The Bertz CT molecular complexity index is 823. The summed E-state index contributed by atoms with van der Waals surface area (Å²) in [6.07, 6.45) is -0.856. The van der Waals surface area contributed by atoms with Crippen molar-refractivity contribution in [3.63, 3.8) is 0 Å². The van der Waals surface area contributed by atoms with Crippen LogP contribution in [-0.4, -0.2) is 54.2 Å². The third kappa shape index (κ3) is 4.18. The number of nitrogens with zero attached hydrogens (tertiary/aromatic N) is 3. The summed E-state index contributed by atoms with van der Waals surface area (Å²) in [4.78, 5) is 29.3. The maximum Gasteiger partial charge on any atom is 0.344 e. The van der Waals surface area contributed by atoms with Crippen LogP contribution in [0.4, 0.5) is 5.69 Å². The van der Waals surface area contributed by atoms with E-state index in [-0.39, 0.29) is 11.8 Å². The van der Waals surface area contributed by atoms with Crippen molar-refractivity contribution in [1.82, 2.24) is 10.1 Å². The highest BCUT2D eigenvalue weighted by atomic mass is 16.5. The van der Waals surface area contributed by atoms with Gasteiger partial charge >= 0.3 is 5.97 Å². The quantitative estimate of drug-likeness (QED) is 0.737. The number of anilines is 1. The molecule has 1 aromatic heterocycles. The number of piperazine rings is 1. The lowest BCUT2D eigenvalue weighted by molar-refractivity contribution is -0.140. The fourth-order valence-corrected chi connectivity index (χ4v) is 3.38. The van der Waals surface area contributed by atoms with Crippen LogP contribution in [0.1, 0.15) is 48.5 Å². The molecule has 0 radical (unpaired) electrons. The first-order valence-electron chi connectivity index (χ1n) is 9.64. The molecule has 7 nitrogen and oxygen atoms in total. The first-order valence-corrected chi connectivity index (χ1v) is 9.64. The molecule has 0 unspecified atom stereocenters. The van der Waals surface area contributed by atoms with E-state index in [2.05, 4.69) is 22.2 Å². The summed E-state index contributed by atoms with van der Waals surface area (Å²) in [7, 11) is 0. The molecular weight excluding hydrogens is 358 g/mol. The van der Waals surface area contributed by atoms with Gasteiger partial charge in [-0.15, -0.1) is 0 Å². The van der Waals surface area contributed by atoms with Crippen molar-refractivity contribution in [2.45, 2.75) is 39.7 Å². The minimum absolute atomic E-state index is 0.000761. The molecule has 0 N–H and O–H groups in total. The van der Waals surface area contributed by atoms with Crippen LogP contribution in [-0.2, 0) is 9.53 Å². The van der Waals surface area contributed by atoms with Gasteiger partial charge in [0.25, 0.3) is 5.91 Å². The van der Waals surface area contributed by atoms with E-state index in [4.69, 9.17) is 9.26 Å². The molecule has 1 aliphatic rings. The van der Waals surface area contributed by atoms with Gasteiger partial charge in [0.2, 0.25) is 0 Å². The Kier molecular flexibility index (Phi) is 6.02.